The molecule has 1 saturated heterocycles. The molecule has 1 aliphatic rings. The minimum Gasteiger partial charge on any atom is -0.352 e. The number of amides is 1. The second kappa shape index (κ2) is 7.72. The normalized spacial score (nSPS) is 14.3. The van der Waals surface area contributed by atoms with E-state index in [0.29, 0.717) is 23.7 Å². The van der Waals surface area contributed by atoms with E-state index in [1.165, 1.54) is 0 Å². The quantitative estimate of drug-likeness (QED) is 0.699. The number of halogens is 1. The standard InChI is InChI=1S/C20H18ClN5O/c21-17-3-1-16(2-4-17)20(27)26-13-11-25(12-14-26)19-6-5-18(23-24-19)15-7-9-22-10-8-15/h1-10H,11-14H2. The lowest BCUT2D eigenvalue weighted by Gasteiger charge is -2.35. The van der Waals surface area contributed by atoms with Crippen LogP contribution in [-0.4, -0.2) is 52.2 Å². The molecule has 0 radical (unpaired) electrons. The fourth-order valence-electron chi connectivity index (χ4n) is 3.08. The van der Waals surface area contributed by atoms with E-state index >= 15 is 0 Å². The van der Waals surface area contributed by atoms with Crippen LogP contribution in [0.1, 0.15) is 10.4 Å². The van der Waals surface area contributed by atoms with Gasteiger partial charge < -0.3 is 9.80 Å². The van der Waals surface area contributed by atoms with Gasteiger partial charge in [-0.15, -0.1) is 10.2 Å². The van der Waals surface area contributed by atoms with E-state index in [-0.39, 0.29) is 5.91 Å². The van der Waals surface area contributed by atoms with E-state index < -0.39 is 0 Å². The molecule has 1 aliphatic heterocycles. The minimum absolute atomic E-state index is 0.0328. The fraction of sp³-hybridized carbons (Fsp3) is 0.200. The highest BCUT2D eigenvalue weighted by atomic mass is 35.5. The average molecular weight is 380 g/mol. The predicted octanol–water partition coefficient (Wildman–Crippen LogP) is 3.15. The highest BCUT2D eigenvalue weighted by molar-refractivity contribution is 6.30. The summed E-state index contributed by atoms with van der Waals surface area (Å²) in [7, 11) is 0. The van der Waals surface area contributed by atoms with Crippen molar-refractivity contribution in [3.8, 4) is 11.3 Å². The zero-order chi connectivity index (χ0) is 18.6. The predicted molar refractivity (Wildman–Crippen MR) is 105 cm³/mol. The van der Waals surface area contributed by atoms with Crippen LogP contribution in [0.2, 0.25) is 5.02 Å². The summed E-state index contributed by atoms with van der Waals surface area (Å²) in [6, 6.07) is 14.8. The van der Waals surface area contributed by atoms with Gasteiger partial charge in [0.1, 0.15) is 0 Å². The van der Waals surface area contributed by atoms with Gasteiger partial charge in [-0.25, -0.2) is 0 Å². The first-order valence-electron chi connectivity index (χ1n) is 8.74. The third-order valence-corrected chi connectivity index (χ3v) is 4.86. The lowest BCUT2D eigenvalue weighted by molar-refractivity contribution is 0.0746. The molecule has 4 rings (SSSR count). The van der Waals surface area contributed by atoms with Gasteiger partial charge in [-0.1, -0.05) is 11.6 Å². The highest BCUT2D eigenvalue weighted by Gasteiger charge is 2.23. The molecule has 0 unspecified atom stereocenters. The molecule has 0 N–H and O–H groups in total. The van der Waals surface area contributed by atoms with Crippen LogP contribution in [0.25, 0.3) is 11.3 Å². The molecule has 7 heteroatoms. The summed E-state index contributed by atoms with van der Waals surface area (Å²) in [5.74, 6) is 0.858. The first kappa shape index (κ1) is 17.4. The Morgan fingerprint density at radius 3 is 2.19 bits per heavy atom. The van der Waals surface area contributed by atoms with Crippen LogP contribution in [0, 0.1) is 0 Å². The molecule has 0 bridgehead atoms. The van der Waals surface area contributed by atoms with Crippen molar-refractivity contribution in [1.29, 1.82) is 0 Å². The topological polar surface area (TPSA) is 62.2 Å². The molecule has 0 aliphatic carbocycles. The lowest BCUT2D eigenvalue weighted by Crippen LogP contribution is -2.49. The third-order valence-electron chi connectivity index (χ3n) is 4.61. The van der Waals surface area contributed by atoms with Gasteiger partial charge in [-0.3, -0.25) is 9.78 Å². The molecule has 3 aromatic rings. The number of carbonyl (C=O) groups is 1. The summed E-state index contributed by atoms with van der Waals surface area (Å²) < 4.78 is 0. The molecular formula is C20H18ClN5O. The second-order valence-electron chi connectivity index (χ2n) is 6.30. The van der Waals surface area contributed by atoms with Crippen LogP contribution in [0.5, 0.6) is 0 Å². The number of anilines is 1. The monoisotopic (exact) mass is 379 g/mol. The summed E-state index contributed by atoms with van der Waals surface area (Å²) in [4.78, 5) is 20.6. The van der Waals surface area contributed by atoms with E-state index in [2.05, 4.69) is 20.1 Å². The molecule has 6 nitrogen and oxygen atoms in total. The van der Waals surface area contributed by atoms with E-state index in [4.69, 9.17) is 11.6 Å². The van der Waals surface area contributed by atoms with Gasteiger partial charge >= 0.3 is 0 Å². The zero-order valence-corrected chi connectivity index (χ0v) is 15.4. The summed E-state index contributed by atoms with van der Waals surface area (Å²) in [5, 5.41) is 9.31. The molecular weight excluding hydrogens is 362 g/mol. The van der Waals surface area contributed by atoms with Crippen LogP contribution >= 0.6 is 11.6 Å². The molecule has 1 amide bonds. The number of benzene rings is 1. The molecule has 27 heavy (non-hydrogen) atoms. The number of aromatic nitrogens is 3. The van der Waals surface area contributed by atoms with Crippen molar-refractivity contribution >= 4 is 23.3 Å². The summed E-state index contributed by atoms with van der Waals surface area (Å²) in [5.41, 5.74) is 2.47. The van der Waals surface area contributed by atoms with Crippen molar-refractivity contribution in [3.63, 3.8) is 0 Å². The molecule has 0 saturated carbocycles. The van der Waals surface area contributed by atoms with E-state index in [1.54, 1.807) is 36.7 Å². The fourth-order valence-corrected chi connectivity index (χ4v) is 3.21. The third kappa shape index (κ3) is 3.90. The van der Waals surface area contributed by atoms with Gasteiger partial charge in [0.05, 0.1) is 5.69 Å². The number of carbonyl (C=O) groups excluding carboxylic acids is 1. The van der Waals surface area contributed by atoms with Gasteiger partial charge in [-0.05, 0) is 48.5 Å². The molecule has 3 heterocycles. The Bertz CT molecular complexity index is 907. The number of hydrogen-bond acceptors (Lipinski definition) is 5. The van der Waals surface area contributed by atoms with Crippen LogP contribution in [-0.2, 0) is 0 Å². The number of rotatable bonds is 3. The highest BCUT2D eigenvalue weighted by Crippen LogP contribution is 2.19. The van der Waals surface area contributed by atoms with Crippen LogP contribution in [0.15, 0.2) is 60.9 Å². The molecule has 0 atom stereocenters. The Morgan fingerprint density at radius 2 is 1.56 bits per heavy atom. The maximum atomic E-state index is 12.6. The Labute approximate surface area is 162 Å². The number of hydrogen-bond donors (Lipinski definition) is 0. The van der Waals surface area contributed by atoms with Gasteiger partial charge in [0.25, 0.3) is 5.91 Å². The van der Waals surface area contributed by atoms with Crippen molar-refractivity contribution < 1.29 is 4.79 Å². The first-order chi connectivity index (χ1) is 13.2. The molecule has 1 aromatic carbocycles. The largest absolute Gasteiger partial charge is 0.352 e. The Kier molecular flexibility index (Phi) is 4.98. The Hall–Kier alpha value is -2.99. The van der Waals surface area contributed by atoms with Crippen molar-refractivity contribution in [1.82, 2.24) is 20.1 Å². The van der Waals surface area contributed by atoms with Gasteiger partial charge in [-0.2, -0.15) is 0 Å². The van der Waals surface area contributed by atoms with Crippen molar-refractivity contribution in [2.45, 2.75) is 0 Å². The molecule has 2 aromatic heterocycles. The van der Waals surface area contributed by atoms with Crippen LogP contribution in [0.3, 0.4) is 0 Å². The van der Waals surface area contributed by atoms with E-state index in [0.717, 1.165) is 30.2 Å². The summed E-state index contributed by atoms with van der Waals surface area (Å²) >= 11 is 5.89. The zero-order valence-electron chi connectivity index (χ0n) is 14.6. The van der Waals surface area contributed by atoms with E-state index in [1.807, 2.05) is 29.2 Å². The van der Waals surface area contributed by atoms with Gasteiger partial charge in [0.2, 0.25) is 0 Å². The maximum Gasteiger partial charge on any atom is 0.253 e. The van der Waals surface area contributed by atoms with Crippen molar-refractivity contribution in [3.05, 3.63) is 71.5 Å². The van der Waals surface area contributed by atoms with Gasteiger partial charge in [0, 0.05) is 54.7 Å². The lowest BCUT2D eigenvalue weighted by atomic mass is 10.1. The Balaban J connectivity index is 1.39. The van der Waals surface area contributed by atoms with Gasteiger partial charge in [0.15, 0.2) is 5.82 Å². The number of pyridine rings is 1. The van der Waals surface area contributed by atoms with E-state index in [9.17, 15) is 4.79 Å². The smallest absolute Gasteiger partial charge is 0.253 e. The number of nitrogens with zero attached hydrogens (tertiary/aromatic N) is 5. The minimum atomic E-state index is 0.0328. The summed E-state index contributed by atoms with van der Waals surface area (Å²) in [6.07, 6.45) is 3.48. The van der Waals surface area contributed by atoms with Crippen LogP contribution in [0.4, 0.5) is 5.82 Å². The number of piperazine rings is 1. The van der Waals surface area contributed by atoms with Crippen molar-refractivity contribution in [2.24, 2.45) is 0 Å². The molecule has 136 valence electrons. The molecule has 0 spiro atoms. The van der Waals surface area contributed by atoms with Crippen LogP contribution < -0.4 is 4.90 Å². The maximum absolute atomic E-state index is 12.6. The summed E-state index contributed by atoms with van der Waals surface area (Å²) in [6.45, 7) is 2.75. The molecule has 1 fully saturated rings. The SMILES string of the molecule is O=C(c1ccc(Cl)cc1)N1CCN(c2ccc(-c3ccncc3)nn2)CC1. The first-order valence-corrected chi connectivity index (χ1v) is 9.12. The second-order valence-corrected chi connectivity index (χ2v) is 6.74. The van der Waals surface area contributed by atoms with Crippen molar-refractivity contribution in [2.75, 3.05) is 31.1 Å². The Morgan fingerprint density at radius 1 is 0.852 bits per heavy atom. The average Bonchev–Trinajstić information content (AvgIpc) is 2.75.